The van der Waals surface area contributed by atoms with Crippen LogP contribution in [0.1, 0.15) is 57.7 Å². The van der Waals surface area contributed by atoms with Crippen LogP contribution in [0.3, 0.4) is 0 Å². The van der Waals surface area contributed by atoms with Gasteiger partial charge in [-0.1, -0.05) is 19.9 Å². The van der Waals surface area contributed by atoms with Crippen molar-refractivity contribution in [1.29, 1.82) is 5.26 Å². The third-order valence-corrected chi connectivity index (χ3v) is 6.60. The number of benzene rings is 1. The first-order valence-corrected chi connectivity index (χ1v) is 11.5. The fraction of sp³-hybridized carbons (Fsp3) is 0.500. The van der Waals surface area contributed by atoms with Crippen LogP contribution in [0, 0.1) is 22.7 Å². The topological polar surface area (TPSA) is 102 Å². The van der Waals surface area contributed by atoms with E-state index >= 15 is 0 Å². The maximum atomic E-state index is 10.1. The minimum atomic E-state index is -0.998. The van der Waals surface area contributed by atoms with Crippen molar-refractivity contribution >= 4 is 17.2 Å². The van der Waals surface area contributed by atoms with Crippen molar-refractivity contribution in [2.45, 2.75) is 52.1 Å². The lowest BCUT2D eigenvalue weighted by Crippen LogP contribution is -2.40. The highest BCUT2D eigenvalue weighted by atomic mass is 16.3. The van der Waals surface area contributed by atoms with E-state index in [0.29, 0.717) is 22.9 Å². The summed E-state index contributed by atoms with van der Waals surface area (Å²) in [6.07, 6.45) is 9.75. The molecule has 1 aromatic heterocycles. The lowest BCUT2D eigenvalue weighted by atomic mass is 9.70. The lowest BCUT2D eigenvalue weighted by Gasteiger charge is -2.42. The minimum absolute atomic E-state index is 0.101. The summed E-state index contributed by atoms with van der Waals surface area (Å²) >= 11 is 0. The summed E-state index contributed by atoms with van der Waals surface area (Å²) < 4.78 is 0. The molecule has 33 heavy (non-hydrogen) atoms. The van der Waals surface area contributed by atoms with Crippen LogP contribution < -0.4 is 15.5 Å². The molecular weight excluding hydrogens is 412 g/mol. The molecule has 0 spiro atoms. The van der Waals surface area contributed by atoms with Crippen molar-refractivity contribution in [2.75, 3.05) is 35.7 Å². The van der Waals surface area contributed by atoms with E-state index in [1.54, 1.807) is 38.4 Å². The van der Waals surface area contributed by atoms with Gasteiger partial charge in [0.15, 0.2) is 0 Å². The molecule has 0 saturated heterocycles. The third-order valence-electron chi connectivity index (χ3n) is 6.60. The minimum Gasteiger partial charge on any atom is -0.397 e. The number of rotatable bonds is 8. The van der Waals surface area contributed by atoms with Crippen LogP contribution >= 0.6 is 0 Å². The highest BCUT2D eigenvalue weighted by Gasteiger charge is 2.34. The van der Waals surface area contributed by atoms with Crippen LogP contribution in [-0.2, 0) is 5.60 Å². The molecule has 1 aromatic carbocycles. The van der Waals surface area contributed by atoms with Gasteiger partial charge in [0.1, 0.15) is 11.4 Å². The molecule has 2 atom stereocenters. The summed E-state index contributed by atoms with van der Waals surface area (Å²) in [7, 11) is 2.05. The predicted molar refractivity (Wildman–Crippen MR) is 134 cm³/mol. The molecule has 3 rings (SSSR count). The molecule has 0 amide bonds. The van der Waals surface area contributed by atoms with E-state index in [1.807, 2.05) is 19.3 Å². The van der Waals surface area contributed by atoms with E-state index < -0.39 is 5.60 Å². The van der Waals surface area contributed by atoms with Crippen molar-refractivity contribution < 1.29 is 5.11 Å². The molecule has 1 fully saturated rings. The Labute approximate surface area is 197 Å². The molecule has 7 heteroatoms. The van der Waals surface area contributed by atoms with E-state index in [4.69, 9.17) is 5.73 Å². The number of nitrogens with zero attached hydrogens (tertiary/aromatic N) is 5. The van der Waals surface area contributed by atoms with Gasteiger partial charge in [-0.05, 0) is 68.8 Å². The Morgan fingerprint density at radius 2 is 2.12 bits per heavy atom. The van der Waals surface area contributed by atoms with Crippen molar-refractivity contribution in [3.8, 4) is 6.07 Å². The Hall–Kier alpha value is -3.11. The van der Waals surface area contributed by atoms with Gasteiger partial charge in [0.2, 0.25) is 0 Å². The van der Waals surface area contributed by atoms with E-state index in [0.717, 1.165) is 43.9 Å². The quantitative estimate of drug-likeness (QED) is 0.576. The molecule has 1 aliphatic carbocycles. The average molecular weight is 449 g/mol. The number of aromatic nitrogens is 2. The smallest absolute Gasteiger partial charge is 0.146 e. The molecule has 2 aromatic rings. The van der Waals surface area contributed by atoms with Crippen LogP contribution in [0.5, 0.6) is 0 Å². The Balaban J connectivity index is 1.68. The zero-order valence-corrected chi connectivity index (χ0v) is 20.3. The number of anilines is 3. The van der Waals surface area contributed by atoms with Crippen molar-refractivity contribution in [3.05, 3.63) is 54.6 Å². The molecule has 0 aliphatic heterocycles. The highest BCUT2D eigenvalue weighted by molar-refractivity contribution is 5.71. The molecule has 7 nitrogen and oxygen atoms in total. The molecule has 0 radical (unpaired) electrons. The SMILES string of the molecule is C=CN(CC1(C)CCCC(CN(C)c2cnc(C(C)(C)O)cn2)C1)c1cc(C#N)ccc1N. The summed E-state index contributed by atoms with van der Waals surface area (Å²) in [6, 6.07) is 7.56. The molecule has 1 saturated carbocycles. The second-order valence-electron chi connectivity index (χ2n) is 10.2. The van der Waals surface area contributed by atoms with E-state index in [1.165, 1.54) is 6.42 Å². The number of hydrogen-bond acceptors (Lipinski definition) is 7. The molecule has 1 heterocycles. The Morgan fingerprint density at radius 1 is 1.36 bits per heavy atom. The van der Waals surface area contributed by atoms with E-state index in [9.17, 15) is 10.4 Å². The summed E-state index contributed by atoms with van der Waals surface area (Å²) in [5.41, 5.74) is 7.98. The summed E-state index contributed by atoms with van der Waals surface area (Å²) in [5.74, 6) is 1.34. The van der Waals surface area contributed by atoms with Gasteiger partial charge in [-0.25, -0.2) is 4.98 Å². The van der Waals surface area contributed by atoms with Crippen LogP contribution in [-0.4, -0.2) is 35.2 Å². The third kappa shape index (κ3) is 6.02. The van der Waals surface area contributed by atoms with Crippen LogP contribution in [0.25, 0.3) is 0 Å². The van der Waals surface area contributed by atoms with Gasteiger partial charge in [-0.2, -0.15) is 5.26 Å². The number of hydrogen-bond donors (Lipinski definition) is 2. The first-order chi connectivity index (χ1) is 15.5. The molecule has 176 valence electrons. The van der Waals surface area contributed by atoms with Gasteiger partial charge >= 0.3 is 0 Å². The summed E-state index contributed by atoms with van der Waals surface area (Å²) in [5, 5.41) is 19.4. The maximum Gasteiger partial charge on any atom is 0.146 e. The first kappa shape index (κ1) is 24.5. The monoisotopic (exact) mass is 448 g/mol. The summed E-state index contributed by atoms with van der Waals surface area (Å²) in [6.45, 7) is 11.5. The number of nitrogen functional groups attached to an aromatic ring is 1. The fourth-order valence-corrected chi connectivity index (χ4v) is 4.85. The number of nitrogens with two attached hydrogens (primary N) is 1. The average Bonchev–Trinajstić information content (AvgIpc) is 2.77. The normalized spacial score (nSPS) is 20.7. The van der Waals surface area contributed by atoms with Gasteiger partial charge in [0.05, 0.1) is 41.1 Å². The molecule has 1 aliphatic rings. The van der Waals surface area contributed by atoms with E-state index in [2.05, 4.69) is 39.3 Å². The van der Waals surface area contributed by atoms with Gasteiger partial charge in [0, 0.05) is 20.1 Å². The number of aliphatic hydroxyl groups is 1. The first-order valence-electron chi connectivity index (χ1n) is 11.5. The van der Waals surface area contributed by atoms with Crippen LogP contribution in [0.15, 0.2) is 43.4 Å². The molecular formula is C26H36N6O. The lowest BCUT2D eigenvalue weighted by molar-refractivity contribution is 0.0734. The van der Waals surface area contributed by atoms with Gasteiger partial charge in [-0.15, -0.1) is 0 Å². The predicted octanol–water partition coefficient (Wildman–Crippen LogP) is 4.44. The fourth-order valence-electron chi connectivity index (χ4n) is 4.85. The van der Waals surface area contributed by atoms with Crippen LogP contribution in [0.2, 0.25) is 0 Å². The van der Waals surface area contributed by atoms with Crippen molar-refractivity contribution in [1.82, 2.24) is 9.97 Å². The largest absolute Gasteiger partial charge is 0.397 e. The second kappa shape index (κ2) is 9.80. The van der Waals surface area contributed by atoms with Gasteiger partial charge in [-0.3, -0.25) is 4.98 Å². The van der Waals surface area contributed by atoms with Gasteiger partial charge < -0.3 is 20.6 Å². The van der Waals surface area contributed by atoms with E-state index in [-0.39, 0.29) is 5.41 Å². The second-order valence-corrected chi connectivity index (χ2v) is 10.2. The molecule has 0 bridgehead atoms. The zero-order chi connectivity index (χ0) is 24.2. The Morgan fingerprint density at radius 3 is 2.73 bits per heavy atom. The molecule has 3 N–H and O–H groups in total. The molecule has 2 unspecified atom stereocenters. The van der Waals surface area contributed by atoms with Crippen molar-refractivity contribution in [2.24, 2.45) is 11.3 Å². The van der Waals surface area contributed by atoms with Crippen LogP contribution in [0.4, 0.5) is 17.2 Å². The summed E-state index contributed by atoms with van der Waals surface area (Å²) in [4.78, 5) is 13.1. The zero-order valence-electron chi connectivity index (χ0n) is 20.3. The standard InChI is InChI=1S/C26H36N6O/c1-6-32(22-12-19(14-27)9-10-21(22)28)18-26(4)11-7-8-20(13-26)17-31(5)24-16-29-23(15-30-24)25(2,3)33/h6,9-10,12,15-16,20,33H,1,7-8,11,13,17-18,28H2,2-5H3. The Bertz CT molecular complexity index is 1010. The Kier molecular flexibility index (Phi) is 7.28. The highest BCUT2D eigenvalue weighted by Crippen LogP contribution is 2.41. The van der Waals surface area contributed by atoms with Gasteiger partial charge in [0.25, 0.3) is 0 Å². The number of nitriles is 1. The maximum absolute atomic E-state index is 10.1. The van der Waals surface area contributed by atoms with Crippen molar-refractivity contribution in [3.63, 3.8) is 0 Å².